The van der Waals surface area contributed by atoms with E-state index in [2.05, 4.69) is 69.9 Å². The van der Waals surface area contributed by atoms with Gasteiger partial charge in [0.1, 0.15) is 12.1 Å². The largest absolute Gasteiger partial charge is 0.573 e. The molecule has 0 aliphatic carbocycles. The number of hydrogen-bond acceptors (Lipinski definition) is 5. The Kier molecular flexibility index (Phi) is 9.28. The van der Waals surface area contributed by atoms with E-state index in [4.69, 9.17) is 0 Å². The summed E-state index contributed by atoms with van der Waals surface area (Å²) in [7, 11) is 0. The van der Waals surface area contributed by atoms with E-state index in [1.54, 1.807) is 11.8 Å². The number of halogens is 3. The molecule has 2 amide bonds. The summed E-state index contributed by atoms with van der Waals surface area (Å²) in [4.78, 5) is 23.8. The number of anilines is 1. The van der Waals surface area contributed by atoms with Gasteiger partial charge < -0.3 is 15.0 Å². The number of amidine groups is 1. The first kappa shape index (κ1) is 31.1. The monoisotopic (exact) mass is 622 g/mol. The van der Waals surface area contributed by atoms with Crippen LogP contribution in [0, 0.1) is 20.8 Å². The Balaban J connectivity index is 1.21. The highest BCUT2D eigenvalue weighted by Crippen LogP contribution is 2.32. The standard InChI is InChI=1S/C32H33F3N6O2S/c1-5-23(18-36-30(42)38-31-40(14-15-44-31)28-21(3)16-20(2)17-22(28)4)24-6-8-25(9-7-24)29-37-19-41(39-29)26-10-12-27(13-11-26)43-32(33,34)35/h6-13,16-17,19,23H,5,14-15,18H2,1-4H3,(H,36,42)/b38-31-. The van der Waals surface area contributed by atoms with Gasteiger partial charge >= 0.3 is 12.4 Å². The number of ether oxygens (including phenoxy) is 1. The quantitative estimate of drug-likeness (QED) is 0.218. The zero-order chi connectivity index (χ0) is 31.4. The topological polar surface area (TPSA) is 84.6 Å². The highest BCUT2D eigenvalue weighted by molar-refractivity contribution is 8.14. The number of carbonyl (C=O) groups excluding carboxylic acids is 1. The number of nitrogens with one attached hydrogen (secondary N) is 1. The third-order valence-electron chi connectivity index (χ3n) is 7.34. The number of rotatable bonds is 8. The lowest BCUT2D eigenvalue weighted by Crippen LogP contribution is -2.30. The molecule has 8 nitrogen and oxygen atoms in total. The van der Waals surface area contributed by atoms with Crippen LogP contribution in [0.4, 0.5) is 23.7 Å². The van der Waals surface area contributed by atoms with Crippen molar-refractivity contribution in [1.82, 2.24) is 20.1 Å². The first-order valence-electron chi connectivity index (χ1n) is 14.2. The van der Waals surface area contributed by atoms with E-state index in [9.17, 15) is 18.0 Å². The minimum Gasteiger partial charge on any atom is -0.406 e. The van der Waals surface area contributed by atoms with Gasteiger partial charge in [0.05, 0.1) is 5.69 Å². The van der Waals surface area contributed by atoms with Gasteiger partial charge in [-0.25, -0.2) is 14.5 Å². The molecule has 1 fully saturated rings. The van der Waals surface area contributed by atoms with E-state index in [0.29, 0.717) is 23.2 Å². The van der Waals surface area contributed by atoms with Crippen molar-refractivity contribution in [3.05, 3.63) is 89.2 Å². The molecule has 1 N–H and O–H groups in total. The van der Waals surface area contributed by atoms with Gasteiger partial charge in [-0.2, -0.15) is 4.99 Å². The summed E-state index contributed by atoms with van der Waals surface area (Å²) >= 11 is 1.59. The van der Waals surface area contributed by atoms with Crippen LogP contribution in [-0.2, 0) is 0 Å². The van der Waals surface area contributed by atoms with Gasteiger partial charge in [-0.1, -0.05) is 60.6 Å². The van der Waals surface area contributed by atoms with E-state index >= 15 is 0 Å². The Morgan fingerprint density at radius 1 is 1.07 bits per heavy atom. The summed E-state index contributed by atoms with van der Waals surface area (Å²) < 4.78 is 42.7. The number of aromatic nitrogens is 3. The van der Waals surface area contributed by atoms with Crippen molar-refractivity contribution >= 4 is 28.6 Å². The molecule has 1 aromatic heterocycles. The van der Waals surface area contributed by atoms with E-state index in [1.807, 2.05) is 24.3 Å². The van der Waals surface area contributed by atoms with E-state index in [0.717, 1.165) is 35.5 Å². The Hall–Kier alpha value is -4.32. The van der Waals surface area contributed by atoms with Gasteiger partial charge in [-0.05, 0) is 68.1 Å². The average molecular weight is 623 g/mol. The molecular formula is C32H33F3N6O2S. The second-order valence-electron chi connectivity index (χ2n) is 10.6. The van der Waals surface area contributed by atoms with Crippen molar-refractivity contribution in [2.75, 3.05) is 23.7 Å². The van der Waals surface area contributed by atoms with Crippen molar-refractivity contribution in [2.24, 2.45) is 4.99 Å². The lowest BCUT2D eigenvalue weighted by Gasteiger charge is -2.23. The number of amides is 2. The van der Waals surface area contributed by atoms with Gasteiger partial charge in [0.2, 0.25) is 0 Å². The Morgan fingerprint density at radius 2 is 1.75 bits per heavy atom. The Bertz CT molecular complexity index is 1630. The predicted octanol–water partition coefficient (Wildman–Crippen LogP) is 7.57. The van der Waals surface area contributed by atoms with Crippen molar-refractivity contribution in [1.29, 1.82) is 0 Å². The SMILES string of the molecule is CCC(CNC(=O)/N=C1\SCCN1c1c(C)cc(C)cc1C)c1ccc(-c2ncn(-c3ccc(OC(F)(F)F)cc3)n2)cc1. The molecule has 1 aliphatic rings. The Morgan fingerprint density at radius 3 is 2.39 bits per heavy atom. The van der Waals surface area contributed by atoms with Crippen LogP contribution in [0.15, 0.2) is 72.0 Å². The van der Waals surface area contributed by atoms with Crippen LogP contribution in [0.2, 0.25) is 0 Å². The van der Waals surface area contributed by atoms with Crippen molar-refractivity contribution in [3.63, 3.8) is 0 Å². The summed E-state index contributed by atoms with van der Waals surface area (Å²) in [6.07, 6.45) is -2.43. The molecule has 0 bridgehead atoms. The lowest BCUT2D eigenvalue weighted by molar-refractivity contribution is -0.274. The zero-order valence-corrected chi connectivity index (χ0v) is 25.7. The zero-order valence-electron chi connectivity index (χ0n) is 24.9. The van der Waals surface area contributed by atoms with Crippen LogP contribution in [0.5, 0.6) is 5.75 Å². The van der Waals surface area contributed by atoms with Crippen LogP contribution in [0.25, 0.3) is 17.1 Å². The number of aliphatic imine (C=N–C) groups is 1. The number of carbonyl (C=O) groups is 1. The van der Waals surface area contributed by atoms with Crippen molar-refractivity contribution < 1.29 is 22.7 Å². The number of thioether (sulfide) groups is 1. The molecule has 5 rings (SSSR count). The summed E-state index contributed by atoms with van der Waals surface area (Å²) in [5.41, 5.74) is 7.06. The molecular weight excluding hydrogens is 589 g/mol. The number of alkyl halides is 3. The minimum atomic E-state index is -4.75. The molecule has 0 radical (unpaired) electrons. The predicted molar refractivity (Wildman–Crippen MR) is 168 cm³/mol. The van der Waals surface area contributed by atoms with Gasteiger partial charge in [0.25, 0.3) is 0 Å². The van der Waals surface area contributed by atoms with E-state index in [1.165, 1.54) is 52.0 Å². The fourth-order valence-electron chi connectivity index (χ4n) is 5.36. The smallest absolute Gasteiger partial charge is 0.406 e. The van der Waals surface area contributed by atoms with Gasteiger partial charge in [-0.15, -0.1) is 18.3 Å². The maximum Gasteiger partial charge on any atom is 0.573 e. The number of aryl methyl sites for hydroxylation is 3. The maximum atomic E-state index is 12.9. The van der Waals surface area contributed by atoms with Crippen LogP contribution < -0.4 is 15.0 Å². The highest BCUT2D eigenvalue weighted by Gasteiger charge is 2.31. The highest BCUT2D eigenvalue weighted by atomic mass is 32.2. The van der Waals surface area contributed by atoms with Gasteiger partial charge in [-0.3, -0.25) is 0 Å². The third kappa shape index (κ3) is 7.42. The fourth-order valence-corrected chi connectivity index (χ4v) is 6.30. The van der Waals surface area contributed by atoms with Crippen LogP contribution in [0.1, 0.15) is 41.5 Å². The van der Waals surface area contributed by atoms with Crippen LogP contribution >= 0.6 is 11.8 Å². The maximum absolute atomic E-state index is 12.9. The first-order chi connectivity index (χ1) is 21.0. The summed E-state index contributed by atoms with van der Waals surface area (Å²) in [5.74, 6) is 1.13. The van der Waals surface area contributed by atoms with E-state index in [-0.39, 0.29) is 17.7 Å². The molecule has 44 heavy (non-hydrogen) atoms. The molecule has 3 aromatic carbocycles. The molecule has 1 unspecified atom stereocenters. The van der Waals surface area contributed by atoms with Gasteiger partial charge in [0, 0.05) is 36.0 Å². The molecule has 4 aromatic rings. The normalized spacial score (nSPS) is 15.1. The molecule has 12 heteroatoms. The lowest BCUT2D eigenvalue weighted by atomic mass is 9.95. The average Bonchev–Trinajstić information content (AvgIpc) is 3.63. The Labute approximate surface area is 258 Å². The summed E-state index contributed by atoms with van der Waals surface area (Å²) in [6.45, 7) is 9.59. The molecule has 0 saturated carbocycles. The number of hydrogen-bond donors (Lipinski definition) is 1. The summed E-state index contributed by atoms with van der Waals surface area (Å²) in [6, 6.07) is 17.2. The minimum absolute atomic E-state index is 0.0880. The molecule has 230 valence electrons. The molecule has 0 spiro atoms. The van der Waals surface area contributed by atoms with Crippen LogP contribution in [0.3, 0.4) is 0 Å². The molecule has 1 atom stereocenters. The fraction of sp³-hybridized carbons (Fsp3) is 0.312. The van der Waals surface area contributed by atoms with Gasteiger partial charge in [0.15, 0.2) is 11.0 Å². The molecule has 1 saturated heterocycles. The second-order valence-corrected chi connectivity index (χ2v) is 11.7. The van der Waals surface area contributed by atoms with Crippen molar-refractivity contribution in [3.8, 4) is 22.8 Å². The first-order valence-corrected chi connectivity index (χ1v) is 15.2. The third-order valence-corrected chi connectivity index (χ3v) is 8.30. The number of nitrogens with zero attached hydrogens (tertiary/aromatic N) is 5. The van der Waals surface area contributed by atoms with Crippen molar-refractivity contribution in [2.45, 2.75) is 46.4 Å². The number of urea groups is 1. The van der Waals surface area contributed by atoms with E-state index < -0.39 is 6.36 Å². The summed E-state index contributed by atoms with van der Waals surface area (Å²) in [5, 5.41) is 8.17. The molecule has 1 aliphatic heterocycles. The second kappa shape index (κ2) is 13.1. The van der Waals surface area contributed by atoms with Crippen LogP contribution in [-0.4, -0.2) is 51.2 Å². The molecule has 2 heterocycles. The number of benzene rings is 3.